The van der Waals surface area contributed by atoms with Gasteiger partial charge in [-0.1, -0.05) is 72.3 Å². The number of nitrogens with one attached hydrogen (secondary N) is 1. The third-order valence-corrected chi connectivity index (χ3v) is 5.41. The zero-order valence-corrected chi connectivity index (χ0v) is 17.5. The summed E-state index contributed by atoms with van der Waals surface area (Å²) in [5.41, 5.74) is 6.26. The number of fused-ring (bicyclic) bond motifs is 1. The van der Waals surface area contributed by atoms with Crippen molar-refractivity contribution in [1.29, 1.82) is 0 Å². The summed E-state index contributed by atoms with van der Waals surface area (Å²) in [6, 6.07) is 28.8. The maximum Gasteiger partial charge on any atom is 0.225 e. The SMILES string of the molecule is Cc1ccc(-c2cc(-n3cnc4ccccc43)nc(N[C@@H](C)c3ccccc3)n2)cc1. The van der Waals surface area contributed by atoms with Crippen LogP contribution in [0.4, 0.5) is 5.95 Å². The summed E-state index contributed by atoms with van der Waals surface area (Å²) in [7, 11) is 0. The molecule has 2 heterocycles. The summed E-state index contributed by atoms with van der Waals surface area (Å²) in [5.74, 6) is 1.37. The Hall–Kier alpha value is -3.99. The average molecular weight is 406 g/mol. The second kappa shape index (κ2) is 8.03. The molecule has 5 rings (SSSR count). The minimum atomic E-state index is 0.0712. The first kappa shape index (κ1) is 19.0. The van der Waals surface area contributed by atoms with Gasteiger partial charge >= 0.3 is 0 Å². The maximum atomic E-state index is 4.84. The quantitative estimate of drug-likeness (QED) is 0.392. The molecule has 0 fully saturated rings. The second-order valence-corrected chi connectivity index (χ2v) is 7.68. The molecule has 0 bridgehead atoms. The fraction of sp³-hybridized carbons (Fsp3) is 0.115. The van der Waals surface area contributed by atoms with Crippen molar-refractivity contribution >= 4 is 17.0 Å². The second-order valence-electron chi connectivity index (χ2n) is 7.68. The number of aryl methyl sites for hydroxylation is 1. The highest BCUT2D eigenvalue weighted by Gasteiger charge is 2.13. The Kier molecular flexibility index (Phi) is 4.92. The lowest BCUT2D eigenvalue weighted by Crippen LogP contribution is -2.11. The highest BCUT2D eigenvalue weighted by atomic mass is 15.2. The Bertz CT molecular complexity index is 1320. The zero-order chi connectivity index (χ0) is 21.2. The van der Waals surface area contributed by atoms with Gasteiger partial charge in [0.05, 0.1) is 22.8 Å². The Labute approximate surface area is 181 Å². The van der Waals surface area contributed by atoms with Gasteiger partial charge < -0.3 is 5.32 Å². The molecular formula is C26H23N5. The summed E-state index contributed by atoms with van der Waals surface area (Å²) in [5, 5.41) is 3.47. The van der Waals surface area contributed by atoms with Crippen LogP contribution in [0.1, 0.15) is 24.1 Å². The molecule has 1 atom stereocenters. The van der Waals surface area contributed by atoms with Crippen molar-refractivity contribution in [2.24, 2.45) is 0 Å². The minimum Gasteiger partial charge on any atom is -0.348 e. The number of benzene rings is 3. The van der Waals surface area contributed by atoms with Gasteiger partial charge in [-0.15, -0.1) is 0 Å². The molecule has 5 aromatic rings. The summed E-state index contributed by atoms with van der Waals surface area (Å²) < 4.78 is 2.01. The van der Waals surface area contributed by atoms with Crippen LogP contribution >= 0.6 is 0 Å². The number of hydrogen-bond donors (Lipinski definition) is 1. The zero-order valence-electron chi connectivity index (χ0n) is 17.5. The molecule has 0 spiro atoms. The van der Waals surface area contributed by atoms with Crippen LogP contribution < -0.4 is 5.32 Å². The van der Waals surface area contributed by atoms with Crippen LogP contribution in [0.2, 0.25) is 0 Å². The van der Waals surface area contributed by atoms with Crippen molar-refractivity contribution < 1.29 is 0 Å². The standard InChI is InChI=1S/C26H23N5/c1-18-12-14-21(15-13-18)23-16-25(31-17-27-22-10-6-7-11-24(22)31)30-26(29-23)28-19(2)20-8-4-3-5-9-20/h3-17,19H,1-2H3,(H,28,29,30)/t19-/m0/s1. The number of hydrogen-bond acceptors (Lipinski definition) is 4. The molecule has 0 aliphatic carbocycles. The lowest BCUT2D eigenvalue weighted by Gasteiger charge is -2.16. The van der Waals surface area contributed by atoms with Crippen LogP contribution in [0.5, 0.6) is 0 Å². The normalized spacial score (nSPS) is 12.1. The van der Waals surface area contributed by atoms with Crippen LogP contribution in [0.15, 0.2) is 91.3 Å². The number of imidazole rings is 1. The van der Waals surface area contributed by atoms with Crippen LogP contribution in [0, 0.1) is 6.92 Å². The van der Waals surface area contributed by atoms with E-state index in [-0.39, 0.29) is 6.04 Å². The first-order valence-corrected chi connectivity index (χ1v) is 10.4. The van der Waals surface area contributed by atoms with E-state index in [1.54, 1.807) is 0 Å². The van der Waals surface area contributed by atoms with E-state index in [4.69, 9.17) is 9.97 Å². The van der Waals surface area contributed by atoms with E-state index in [9.17, 15) is 0 Å². The number of anilines is 1. The van der Waals surface area contributed by atoms with Crippen LogP contribution in [-0.2, 0) is 0 Å². The summed E-state index contributed by atoms with van der Waals surface area (Å²) in [4.78, 5) is 14.2. The average Bonchev–Trinajstić information content (AvgIpc) is 3.24. The van der Waals surface area contributed by atoms with Gasteiger partial charge in [0.2, 0.25) is 5.95 Å². The monoisotopic (exact) mass is 405 g/mol. The third-order valence-electron chi connectivity index (χ3n) is 5.41. The first-order valence-electron chi connectivity index (χ1n) is 10.4. The highest BCUT2D eigenvalue weighted by molar-refractivity contribution is 5.77. The van der Waals surface area contributed by atoms with Crippen molar-refractivity contribution in [3.63, 3.8) is 0 Å². The van der Waals surface area contributed by atoms with Crippen molar-refractivity contribution in [3.05, 3.63) is 102 Å². The molecule has 31 heavy (non-hydrogen) atoms. The summed E-state index contributed by atoms with van der Waals surface area (Å²) in [6.07, 6.45) is 1.82. The van der Waals surface area contributed by atoms with Crippen LogP contribution in [-0.4, -0.2) is 19.5 Å². The topological polar surface area (TPSA) is 55.6 Å². The van der Waals surface area contributed by atoms with Gasteiger partial charge in [0, 0.05) is 11.6 Å². The van der Waals surface area contributed by atoms with Crippen molar-refractivity contribution in [3.8, 4) is 17.1 Å². The number of rotatable bonds is 5. The fourth-order valence-electron chi connectivity index (χ4n) is 3.66. The van der Waals surface area contributed by atoms with E-state index in [0.29, 0.717) is 5.95 Å². The Morgan fingerprint density at radius 3 is 2.39 bits per heavy atom. The molecular weight excluding hydrogens is 382 g/mol. The lowest BCUT2D eigenvalue weighted by atomic mass is 10.1. The molecule has 0 radical (unpaired) electrons. The van der Waals surface area contributed by atoms with Crippen LogP contribution in [0.25, 0.3) is 28.1 Å². The molecule has 3 aromatic carbocycles. The lowest BCUT2D eigenvalue weighted by molar-refractivity contribution is 0.855. The van der Waals surface area contributed by atoms with Gasteiger partial charge in [0.15, 0.2) is 0 Å². The van der Waals surface area contributed by atoms with Crippen LogP contribution in [0.3, 0.4) is 0 Å². The predicted molar refractivity (Wildman–Crippen MR) is 125 cm³/mol. The number of nitrogens with zero attached hydrogens (tertiary/aromatic N) is 4. The largest absolute Gasteiger partial charge is 0.348 e. The van der Waals surface area contributed by atoms with E-state index in [0.717, 1.165) is 28.1 Å². The number of para-hydroxylation sites is 2. The Morgan fingerprint density at radius 1 is 0.839 bits per heavy atom. The summed E-state index contributed by atoms with van der Waals surface area (Å²) >= 11 is 0. The summed E-state index contributed by atoms with van der Waals surface area (Å²) in [6.45, 7) is 4.20. The van der Waals surface area contributed by atoms with E-state index in [1.165, 1.54) is 11.1 Å². The van der Waals surface area contributed by atoms with Gasteiger partial charge in [-0.05, 0) is 31.5 Å². The number of aromatic nitrogens is 4. The molecule has 0 amide bonds. The van der Waals surface area contributed by atoms with Crippen molar-refractivity contribution in [1.82, 2.24) is 19.5 Å². The molecule has 1 N–H and O–H groups in total. The van der Waals surface area contributed by atoms with Gasteiger partial charge in [-0.3, -0.25) is 4.57 Å². The molecule has 0 saturated heterocycles. The molecule has 0 unspecified atom stereocenters. The van der Waals surface area contributed by atoms with E-state index < -0.39 is 0 Å². The fourth-order valence-corrected chi connectivity index (χ4v) is 3.66. The Balaban J connectivity index is 1.61. The van der Waals surface area contributed by atoms with E-state index in [1.807, 2.05) is 53.4 Å². The maximum absolute atomic E-state index is 4.84. The third kappa shape index (κ3) is 3.90. The molecule has 152 valence electrons. The molecule has 2 aromatic heterocycles. The molecule has 0 aliphatic rings. The molecule has 0 saturated carbocycles. The van der Waals surface area contributed by atoms with Gasteiger partial charge in [-0.2, -0.15) is 4.98 Å². The smallest absolute Gasteiger partial charge is 0.225 e. The predicted octanol–water partition coefficient (Wildman–Crippen LogP) is 5.96. The van der Waals surface area contributed by atoms with Crippen molar-refractivity contribution in [2.45, 2.75) is 19.9 Å². The minimum absolute atomic E-state index is 0.0712. The van der Waals surface area contributed by atoms with E-state index >= 15 is 0 Å². The van der Waals surface area contributed by atoms with Crippen molar-refractivity contribution in [2.75, 3.05) is 5.32 Å². The Morgan fingerprint density at radius 2 is 1.58 bits per heavy atom. The molecule has 5 nitrogen and oxygen atoms in total. The highest BCUT2D eigenvalue weighted by Crippen LogP contribution is 2.25. The first-order chi connectivity index (χ1) is 15.2. The van der Waals surface area contributed by atoms with E-state index in [2.05, 4.69) is 66.6 Å². The molecule has 0 aliphatic heterocycles. The van der Waals surface area contributed by atoms with Gasteiger partial charge in [-0.25, -0.2) is 9.97 Å². The van der Waals surface area contributed by atoms with Gasteiger partial charge in [0.1, 0.15) is 12.1 Å². The molecule has 5 heteroatoms. The van der Waals surface area contributed by atoms with Gasteiger partial charge in [0.25, 0.3) is 0 Å².